The van der Waals surface area contributed by atoms with Crippen molar-refractivity contribution in [3.05, 3.63) is 47.8 Å². The lowest BCUT2D eigenvalue weighted by Crippen LogP contribution is -2.25. The maximum absolute atomic E-state index is 11.8. The van der Waals surface area contributed by atoms with Crippen LogP contribution in [-0.2, 0) is 6.42 Å². The summed E-state index contributed by atoms with van der Waals surface area (Å²) in [6.07, 6.45) is 6.88. The molecule has 0 unspecified atom stereocenters. The van der Waals surface area contributed by atoms with Crippen molar-refractivity contribution >= 4 is 5.91 Å². The number of aryl methyl sites for hydroxylation is 2. The van der Waals surface area contributed by atoms with Crippen LogP contribution in [0.4, 0.5) is 0 Å². The van der Waals surface area contributed by atoms with Crippen molar-refractivity contribution in [1.29, 1.82) is 0 Å². The Bertz CT molecular complexity index is 507. The van der Waals surface area contributed by atoms with E-state index < -0.39 is 0 Å². The molecular formula is C13H16N4O. The summed E-state index contributed by atoms with van der Waals surface area (Å²) in [6, 6.07) is 3.50. The van der Waals surface area contributed by atoms with E-state index in [1.54, 1.807) is 30.7 Å². The van der Waals surface area contributed by atoms with Crippen LogP contribution in [-0.4, -0.2) is 27.4 Å². The van der Waals surface area contributed by atoms with Gasteiger partial charge in [-0.25, -0.2) is 4.98 Å². The van der Waals surface area contributed by atoms with Gasteiger partial charge >= 0.3 is 0 Å². The first-order valence-corrected chi connectivity index (χ1v) is 5.95. The maximum Gasteiger partial charge on any atom is 0.251 e. The lowest BCUT2D eigenvalue weighted by Gasteiger charge is -2.04. The molecule has 0 aliphatic rings. The normalized spacial score (nSPS) is 10.3. The number of nitrogens with zero attached hydrogens (tertiary/aromatic N) is 2. The average Bonchev–Trinajstić information content (AvgIpc) is 2.87. The van der Waals surface area contributed by atoms with Gasteiger partial charge in [0.15, 0.2) is 0 Å². The van der Waals surface area contributed by atoms with Crippen molar-refractivity contribution in [3.8, 4) is 0 Å². The number of hydrogen-bond donors (Lipinski definition) is 2. The Balaban J connectivity index is 1.75. The van der Waals surface area contributed by atoms with Crippen molar-refractivity contribution in [3.63, 3.8) is 0 Å². The second-order valence-electron chi connectivity index (χ2n) is 4.08. The van der Waals surface area contributed by atoms with E-state index >= 15 is 0 Å². The molecule has 18 heavy (non-hydrogen) atoms. The average molecular weight is 244 g/mol. The van der Waals surface area contributed by atoms with Crippen molar-refractivity contribution in [2.75, 3.05) is 6.54 Å². The Hall–Kier alpha value is -2.17. The van der Waals surface area contributed by atoms with Gasteiger partial charge in [-0.3, -0.25) is 9.78 Å². The van der Waals surface area contributed by atoms with Gasteiger partial charge < -0.3 is 10.3 Å². The number of aromatic amines is 1. The van der Waals surface area contributed by atoms with Crippen LogP contribution in [0, 0.1) is 6.92 Å². The van der Waals surface area contributed by atoms with Gasteiger partial charge in [-0.05, 0) is 25.5 Å². The van der Waals surface area contributed by atoms with E-state index in [4.69, 9.17) is 0 Å². The van der Waals surface area contributed by atoms with Crippen LogP contribution in [0.15, 0.2) is 30.7 Å². The number of rotatable bonds is 5. The van der Waals surface area contributed by atoms with Crippen LogP contribution in [0.3, 0.4) is 0 Å². The summed E-state index contributed by atoms with van der Waals surface area (Å²) in [5, 5.41) is 2.88. The van der Waals surface area contributed by atoms with E-state index in [0.29, 0.717) is 12.1 Å². The van der Waals surface area contributed by atoms with Gasteiger partial charge in [0.05, 0.1) is 0 Å². The Morgan fingerprint density at radius 1 is 1.39 bits per heavy atom. The van der Waals surface area contributed by atoms with Crippen LogP contribution in [0.1, 0.15) is 28.3 Å². The molecule has 5 nitrogen and oxygen atoms in total. The van der Waals surface area contributed by atoms with Gasteiger partial charge in [0.1, 0.15) is 5.82 Å². The first-order chi connectivity index (χ1) is 8.75. The minimum Gasteiger partial charge on any atom is -0.352 e. The summed E-state index contributed by atoms with van der Waals surface area (Å²) in [5.74, 6) is 0.893. The predicted molar refractivity (Wildman–Crippen MR) is 68.2 cm³/mol. The lowest BCUT2D eigenvalue weighted by molar-refractivity contribution is 0.0953. The minimum atomic E-state index is -0.0556. The van der Waals surface area contributed by atoms with Crippen LogP contribution in [0.25, 0.3) is 0 Å². The molecule has 0 spiro atoms. The van der Waals surface area contributed by atoms with Gasteiger partial charge in [0.2, 0.25) is 0 Å². The second kappa shape index (κ2) is 5.95. The SMILES string of the molecule is Cc1cc(C(=O)NCCCc2ncc[nH]2)ccn1. The van der Waals surface area contributed by atoms with Gasteiger partial charge in [0.25, 0.3) is 5.91 Å². The third kappa shape index (κ3) is 3.41. The topological polar surface area (TPSA) is 70.7 Å². The third-order valence-electron chi connectivity index (χ3n) is 2.59. The first-order valence-electron chi connectivity index (χ1n) is 5.95. The molecule has 2 rings (SSSR count). The summed E-state index contributed by atoms with van der Waals surface area (Å²) >= 11 is 0. The van der Waals surface area contributed by atoms with Gasteiger partial charge in [-0.2, -0.15) is 0 Å². The fraction of sp³-hybridized carbons (Fsp3) is 0.308. The van der Waals surface area contributed by atoms with Crippen molar-refractivity contribution < 1.29 is 4.79 Å². The highest BCUT2D eigenvalue weighted by Gasteiger charge is 2.04. The standard InChI is InChI=1S/C13H16N4O/c1-10-9-11(4-6-14-10)13(18)17-5-2-3-12-15-7-8-16-12/h4,6-9H,2-3,5H2,1H3,(H,15,16)(H,17,18). The monoisotopic (exact) mass is 244 g/mol. The van der Waals surface area contributed by atoms with Crippen LogP contribution < -0.4 is 5.32 Å². The highest BCUT2D eigenvalue weighted by Crippen LogP contribution is 2.00. The summed E-state index contributed by atoms with van der Waals surface area (Å²) in [7, 11) is 0. The van der Waals surface area contributed by atoms with E-state index in [1.807, 2.05) is 6.92 Å². The molecule has 0 aromatic carbocycles. The largest absolute Gasteiger partial charge is 0.352 e. The van der Waals surface area contributed by atoms with Crippen LogP contribution in [0.5, 0.6) is 0 Å². The minimum absolute atomic E-state index is 0.0556. The number of imidazole rings is 1. The second-order valence-corrected chi connectivity index (χ2v) is 4.08. The molecule has 0 fully saturated rings. The van der Waals surface area contributed by atoms with Gasteiger partial charge in [-0.15, -0.1) is 0 Å². The Labute approximate surface area is 106 Å². The number of carbonyl (C=O) groups is 1. The lowest BCUT2D eigenvalue weighted by atomic mass is 10.2. The molecule has 0 saturated heterocycles. The quantitative estimate of drug-likeness (QED) is 0.782. The molecule has 5 heteroatoms. The van der Waals surface area contributed by atoms with Crippen LogP contribution >= 0.6 is 0 Å². The molecule has 2 heterocycles. The number of carbonyl (C=O) groups excluding carboxylic acids is 1. The summed E-state index contributed by atoms with van der Waals surface area (Å²) in [5.41, 5.74) is 1.50. The molecule has 0 aliphatic carbocycles. The number of nitrogens with one attached hydrogen (secondary N) is 2. The molecule has 2 N–H and O–H groups in total. The van der Waals surface area contributed by atoms with E-state index in [9.17, 15) is 4.79 Å². The number of amides is 1. The van der Waals surface area contributed by atoms with Crippen molar-refractivity contribution in [2.45, 2.75) is 19.8 Å². The van der Waals surface area contributed by atoms with E-state index in [2.05, 4.69) is 20.3 Å². The molecule has 94 valence electrons. The summed E-state index contributed by atoms with van der Waals surface area (Å²) < 4.78 is 0. The third-order valence-corrected chi connectivity index (χ3v) is 2.59. The molecule has 1 amide bonds. The van der Waals surface area contributed by atoms with Crippen LogP contribution in [0.2, 0.25) is 0 Å². The number of pyridine rings is 1. The van der Waals surface area contributed by atoms with E-state index in [1.165, 1.54) is 0 Å². The Morgan fingerprint density at radius 2 is 2.28 bits per heavy atom. The zero-order chi connectivity index (χ0) is 12.8. The molecule has 0 atom stereocenters. The van der Waals surface area contributed by atoms with Gasteiger partial charge in [0, 0.05) is 42.8 Å². The maximum atomic E-state index is 11.8. The molecule has 2 aromatic rings. The highest BCUT2D eigenvalue weighted by molar-refractivity contribution is 5.94. The van der Waals surface area contributed by atoms with Crippen molar-refractivity contribution in [2.24, 2.45) is 0 Å². The zero-order valence-corrected chi connectivity index (χ0v) is 10.3. The Kier molecular flexibility index (Phi) is 4.06. The van der Waals surface area contributed by atoms with Crippen molar-refractivity contribution in [1.82, 2.24) is 20.3 Å². The fourth-order valence-corrected chi connectivity index (χ4v) is 1.68. The molecule has 0 aliphatic heterocycles. The Morgan fingerprint density at radius 3 is 3.00 bits per heavy atom. The number of hydrogen-bond acceptors (Lipinski definition) is 3. The predicted octanol–water partition coefficient (Wildman–Crippen LogP) is 1.48. The molecular weight excluding hydrogens is 228 g/mol. The van der Waals surface area contributed by atoms with E-state index in [-0.39, 0.29) is 5.91 Å². The smallest absolute Gasteiger partial charge is 0.251 e. The highest BCUT2D eigenvalue weighted by atomic mass is 16.1. The van der Waals surface area contributed by atoms with Gasteiger partial charge in [-0.1, -0.05) is 0 Å². The molecule has 0 bridgehead atoms. The number of aromatic nitrogens is 3. The fourth-order valence-electron chi connectivity index (χ4n) is 1.68. The summed E-state index contributed by atoms with van der Waals surface area (Å²) in [6.45, 7) is 2.51. The molecule has 2 aromatic heterocycles. The van der Waals surface area contributed by atoms with E-state index in [0.717, 1.165) is 24.4 Å². The first kappa shape index (κ1) is 12.3. The molecule has 0 saturated carbocycles. The summed E-state index contributed by atoms with van der Waals surface area (Å²) in [4.78, 5) is 23.0. The number of H-pyrrole nitrogens is 1. The molecule has 0 radical (unpaired) electrons. The zero-order valence-electron chi connectivity index (χ0n) is 10.3.